The molecule has 2 amide bonds. The second-order valence-electron chi connectivity index (χ2n) is 9.21. The van der Waals surface area contributed by atoms with Crippen LogP contribution in [0, 0.1) is 5.92 Å². The summed E-state index contributed by atoms with van der Waals surface area (Å²) in [4.78, 5) is 25.7. The zero-order valence-corrected chi connectivity index (χ0v) is 19.6. The van der Waals surface area contributed by atoms with Crippen molar-refractivity contribution in [1.82, 2.24) is 10.4 Å². The predicted molar refractivity (Wildman–Crippen MR) is 131 cm³/mol. The number of carbonyl (C=O) groups excluding carboxylic acids is 2. The normalized spacial score (nSPS) is 15.1. The first-order chi connectivity index (χ1) is 16.1. The van der Waals surface area contributed by atoms with Crippen LogP contribution in [0.25, 0.3) is 0 Å². The van der Waals surface area contributed by atoms with E-state index in [4.69, 9.17) is 0 Å². The fourth-order valence-electron chi connectivity index (χ4n) is 4.69. The quantitative estimate of drug-likeness (QED) is 0.261. The van der Waals surface area contributed by atoms with Gasteiger partial charge in [-0.2, -0.15) is 0 Å². The summed E-state index contributed by atoms with van der Waals surface area (Å²) in [6.45, 7) is 0.489. The number of hydrogen-bond donors (Lipinski definition) is 2. The molecule has 0 unspecified atom stereocenters. The average Bonchev–Trinajstić information content (AvgIpc) is 2.86. The Bertz CT molecular complexity index is 835. The highest BCUT2D eigenvalue weighted by Gasteiger charge is 2.31. The summed E-state index contributed by atoms with van der Waals surface area (Å²) in [5.41, 5.74) is 2.40. The molecule has 2 aromatic carbocycles. The lowest BCUT2D eigenvalue weighted by molar-refractivity contribution is -0.181. The van der Waals surface area contributed by atoms with Gasteiger partial charge in [0.15, 0.2) is 0 Å². The smallest absolute Gasteiger partial charge is 0.246 e. The maximum Gasteiger partial charge on any atom is 0.246 e. The molecule has 0 radical (unpaired) electrons. The third-order valence-corrected chi connectivity index (χ3v) is 6.64. The number of hydroxylamine groups is 2. The molecule has 0 aromatic heterocycles. The van der Waals surface area contributed by atoms with Crippen molar-refractivity contribution in [2.24, 2.45) is 5.92 Å². The Morgan fingerprint density at radius 2 is 1.48 bits per heavy atom. The van der Waals surface area contributed by atoms with Crippen molar-refractivity contribution in [2.75, 3.05) is 6.54 Å². The topological polar surface area (TPSA) is 69.6 Å². The Morgan fingerprint density at radius 1 is 0.879 bits per heavy atom. The number of amides is 2. The van der Waals surface area contributed by atoms with Crippen LogP contribution in [-0.4, -0.2) is 34.7 Å². The van der Waals surface area contributed by atoms with E-state index >= 15 is 0 Å². The monoisotopic (exact) mass is 450 g/mol. The van der Waals surface area contributed by atoms with Crippen molar-refractivity contribution in [1.29, 1.82) is 0 Å². The van der Waals surface area contributed by atoms with Crippen LogP contribution in [0.5, 0.6) is 0 Å². The number of rotatable bonds is 12. The minimum absolute atomic E-state index is 0.252. The summed E-state index contributed by atoms with van der Waals surface area (Å²) in [5.74, 6) is -0.233. The van der Waals surface area contributed by atoms with Gasteiger partial charge in [-0.25, -0.2) is 5.06 Å². The van der Waals surface area contributed by atoms with E-state index in [1.165, 1.54) is 12.0 Å². The van der Waals surface area contributed by atoms with Gasteiger partial charge in [-0.1, -0.05) is 92.8 Å². The van der Waals surface area contributed by atoms with E-state index in [0.29, 0.717) is 25.3 Å². The van der Waals surface area contributed by atoms with Gasteiger partial charge in [0.05, 0.1) is 0 Å². The molecule has 3 rings (SSSR count). The molecule has 0 aliphatic heterocycles. The zero-order chi connectivity index (χ0) is 23.3. The largest absolute Gasteiger partial charge is 0.354 e. The third kappa shape index (κ3) is 8.65. The van der Waals surface area contributed by atoms with Gasteiger partial charge in [0.1, 0.15) is 6.04 Å². The van der Waals surface area contributed by atoms with Gasteiger partial charge in [0.2, 0.25) is 11.8 Å². The maximum absolute atomic E-state index is 13.0. The lowest BCUT2D eigenvalue weighted by atomic mass is 9.84. The summed E-state index contributed by atoms with van der Waals surface area (Å²) in [5, 5.41) is 14.4. The molecule has 2 N–H and O–H groups in total. The van der Waals surface area contributed by atoms with Gasteiger partial charge in [-0.3, -0.25) is 14.8 Å². The molecule has 1 saturated carbocycles. The first kappa shape index (κ1) is 25.0. The summed E-state index contributed by atoms with van der Waals surface area (Å²) < 4.78 is 0. The maximum atomic E-state index is 13.0. The molecular weight excluding hydrogens is 412 g/mol. The van der Waals surface area contributed by atoms with Crippen molar-refractivity contribution < 1.29 is 14.8 Å². The number of unbranched alkanes of at least 4 members (excludes halogenated alkanes) is 1. The second-order valence-corrected chi connectivity index (χ2v) is 9.21. The van der Waals surface area contributed by atoms with Crippen LogP contribution in [0.4, 0.5) is 0 Å². The third-order valence-electron chi connectivity index (χ3n) is 6.64. The van der Waals surface area contributed by atoms with E-state index in [9.17, 15) is 14.8 Å². The zero-order valence-electron chi connectivity index (χ0n) is 19.6. The van der Waals surface area contributed by atoms with Gasteiger partial charge in [-0.15, -0.1) is 0 Å². The van der Waals surface area contributed by atoms with Crippen molar-refractivity contribution in [3.05, 3.63) is 71.8 Å². The van der Waals surface area contributed by atoms with Crippen molar-refractivity contribution >= 4 is 11.8 Å². The van der Waals surface area contributed by atoms with Gasteiger partial charge in [0.25, 0.3) is 0 Å². The molecule has 0 bridgehead atoms. The number of aryl methyl sites for hydroxylation is 1. The lowest BCUT2D eigenvalue weighted by Crippen LogP contribution is -2.49. The number of nitrogens with zero attached hydrogens (tertiary/aromatic N) is 1. The fraction of sp³-hybridized carbons (Fsp3) is 0.500. The summed E-state index contributed by atoms with van der Waals surface area (Å²) in [7, 11) is 0. The van der Waals surface area contributed by atoms with Crippen LogP contribution in [-0.2, 0) is 22.4 Å². The van der Waals surface area contributed by atoms with Gasteiger partial charge < -0.3 is 5.32 Å². The van der Waals surface area contributed by atoms with E-state index in [1.807, 2.05) is 48.5 Å². The van der Waals surface area contributed by atoms with Gasteiger partial charge >= 0.3 is 0 Å². The lowest BCUT2D eigenvalue weighted by Gasteiger charge is -2.30. The molecular formula is C28H38N2O3. The Morgan fingerprint density at radius 3 is 2.12 bits per heavy atom. The van der Waals surface area contributed by atoms with Crippen LogP contribution in [0.15, 0.2) is 60.7 Å². The number of carbonyl (C=O) groups is 2. The molecule has 1 fully saturated rings. The molecule has 2 aromatic rings. The molecule has 1 aliphatic carbocycles. The molecule has 0 heterocycles. The Balaban J connectivity index is 1.50. The average molecular weight is 451 g/mol. The number of hydrogen-bond acceptors (Lipinski definition) is 3. The molecule has 0 spiro atoms. The highest BCUT2D eigenvalue weighted by Crippen LogP contribution is 2.28. The second kappa shape index (κ2) is 13.8. The minimum Gasteiger partial charge on any atom is -0.354 e. The first-order valence-electron chi connectivity index (χ1n) is 12.5. The van der Waals surface area contributed by atoms with Crippen LogP contribution in [0.3, 0.4) is 0 Å². The van der Waals surface area contributed by atoms with Crippen LogP contribution in [0.1, 0.15) is 68.9 Å². The SMILES string of the molecule is O=C(NCCc1ccccc1)[C@H](CC1CCCCC1)N(O)C(=O)CCCCc1ccccc1. The standard InChI is InChI=1S/C28H38N2O3/c31-27(19-11-10-16-23-12-4-1-5-13-23)30(33)26(22-25-17-8-3-9-18-25)28(32)29-21-20-24-14-6-2-7-15-24/h1-2,4-7,12-15,25-26,33H,3,8-11,16-22H2,(H,29,32)/t26-/m0/s1. The first-order valence-corrected chi connectivity index (χ1v) is 12.5. The molecule has 1 aliphatic rings. The molecule has 0 saturated heterocycles. The van der Waals surface area contributed by atoms with Gasteiger partial charge in [-0.05, 0) is 49.1 Å². The molecule has 5 heteroatoms. The van der Waals surface area contributed by atoms with Crippen LogP contribution in [0.2, 0.25) is 0 Å². The fourth-order valence-corrected chi connectivity index (χ4v) is 4.69. The summed E-state index contributed by atoms with van der Waals surface area (Å²) in [6.07, 6.45) is 9.65. The molecule has 33 heavy (non-hydrogen) atoms. The molecule has 1 atom stereocenters. The van der Waals surface area contributed by atoms with E-state index in [1.54, 1.807) is 0 Å². The van der Waals surface area contributed by atoms with Crippen molar-refractivity contribution in [3.63, 3.8) is 0 Å². The Labute approximate surface area is 198 Å². The van der Waals surface area contributed by atoms with E-state index in [0.717, 1.165) is 55.6 Å². The molecule has 178 valence electrons. The van der Waals surface area contributed by atoms with E-state index < -0.39 is 6.04 Å². The predicted octanol–water partition coefficient (Wildman–Crippen LogP) is 5.32. The molecule has 5 nitrogen and oxygen atoms in total. The number of benzene rings is 2. The van der Waals surface area contributed by atoms with Crippen molar-refractivity contribution in [2.45, 2.75) is 76.7 Å². The highest BCUT2D eigenvalue weighted by molar-refractivity contribution is 5.86. The summed E-state index contributed by atoms with van der Waals surface area (Å²) in [6, 6.07) is 19.4. The van der Waals surface area contributed by atoms with Gasteiger partial charge in [0, 0.05) is 13.0 Å². The van der Waals surface area contributed by atoms with Crippen LogP contribution < -0.4 is 5.32 Å². The summed E-state index contributed by atoms with van der Waals surface area (Å²) >= 11 is 0. The number of nitrogens with one attached hydrogen (secondary N) is 1. The van der Waals surface area contributed by atoms with Crippen molar-refractivity contribution in [3.8, 4) is 0 Å². The van der Waals surface area contributed by atoms with Crippen LogP contribution >= 0.6 is 0 Å². The van der Waals surface area contributed by atoms with E-state index in [-0.39, 0.29) is 18.2 Å². The Kier molecular flexibility index (Phi) is 10.4. The minimum atomic E-state index is -0.814. The Hall–Kier alpha value is -2.66. The highest BCUT2D eigenvalue weighted by atomic mass is 16.5. The van der Waals surface area contributed by atoms with E-state index in [2.05, 4.69) is 17.4 Å².